The highest BCUT2D eigenvalue weighted by Gasteiger charge is 2.19. The molecule has 0 spiro atoms. The van der Waals surface area contributed by atoms with Gasteiger partial charge in [-0.25, -0.2) is 4.39 Å². The third kappa shape index (κ3) is 4.53. The summed E-state index contributed by atoms with van der Waals surface area (Å²) in [5.41, 5.74) is 2.65. The van der Waals surface area contributed by atoms with Crippen molar-refractivity contribution < 1.29 is 9.18 Å². The van der Waals surface area contributed by atoms with Gasteiger partial charge in [0.25, 0.3) is 0 Å². The molecule has 0 saturated carbocycles. The third-order valence-corrected chi connectivity index (χ3v) is 4.45. The first-order chi connectivity index (χ1) is 12.1. The molecule has 2 aromatic carbocycles. The summed E-state index contributed by atoms with van der Waals surface area (Å²) in [6.45, 7) is 3.06. The smallest absolute Gasteiger partial charge is 0.182 e. The standard InChI is InChI=1S/C21H23FN2O/c1-16-6-5-7-19(14-16)24(21-8-3-2-4-13-23-21)15-20(25)17-9-11-18(22)12-10-17/h5-7,9-12,14H,2-4,8,13,15H2,1H3. The number of carbonyl (C=O) groups is 1. The maximum Gasteiger partial charge on any atom is 0.182 e. The van der Waals surface area contributed by atoms with Gasteiger partial charge in [-0.15, -0.1) is 0 Å². The Morgan fingerprint density at radius 1 is 1.12 bits per heavy atom. The molecule has 0 atom stereocenters. The van der Waals surface area contributed by atoms with Crippen LogP contribution in [0.5, 0.6) is 0 Å². The van der Waals surface area contributed by atoms with E-state index < -0.39 is 0 Å². The summed E-state index contributed by atoms with van der Waals surface area (Å²) in [6.07, 6.45) is 4.23. The molecule has 0 aromatic heterocycles. The van der Waals surface area contributed by atoms with Crippen LogP contribution >= 0.6 is 0 Å². The number of carbonyl (C=O) groups excluding carboxylic acids is 1. The molecule has 0 fully saturated rings. The van der Waals surface area contributed by atoms with E-state index in [-0.39, 0.29) is 18.1 Å². The van der Waals surface area contributed by atoms with E-state index in [1.54, 1.807) is 12.1 Å². The molecule has 0 N–H and O–H groups in total. The van der Waals surface area contributed by atoms with Crippen LogP contribution in [0.3, 0.4) is 0 Å². The van der Waals surface area contributed by atoms with Crippen molar-refractivity contribution in [3.8, 4) is 0 Å². The minimum atomic E-state index is -0.333. The van der Waals surface area contributed by atoms with Crippen LogP contribution in [0.15, 0.2) is 53.5 Å². The molecule has 0 unspecified atom stereocenters. The van der Waals surface area contributed by atoms with Crippen LogP contribution in [0.4, 0.5) is 10.1 Å². The lowest BCUT2D eigenvalue weighted by molar-refractivity contribution is 0.100. The van der Waals surface area contributed by atoms with Gasteiger partial charge in [0.05, 0.1) is 6.54 Å². The lowest BCUT2D eigenvalue weighted by Gasteiger charge is -2.26. The maximum atomic E-state index is 13.1. The fourth-order valence-corrected chi connectivity index (χ4v) is 3.08. The van der Waals surface area contributed by atoms with Gasteiger partial charge in [0.1, 0.15) is 11.7 Å². The van der Waals surface area contributed by atoms with E-state index in [0.29, 0.717) is 5.56 Å². The Hall–Kier alpha value is -2.49. The quantitative estimate of drug-likeness (QED) is 0.751. The Morgan fingerprint density at radius 3 is 2.68 bits per heavy atom. The normalized spacial score (nSPS) is 14.6. The Bertz CT molecular complexity index is 768. The molecule has 0 saturated heterocycles. The van der Waals surface area contributed by atoms with Gasteiger partial charge in [0.15, 0.2) is 5.78 Å². The van der Waals surface area contributed by atoms with E-state index in [1.165, 1.54) is 18.6 Å². The average Bonchev–Trinajstić information content (AvgIpc) is 2.89. The van der Waals surface area contributed by atoms with E-state index in [4.69, 9.17) is 4.99 Å². The minimum absolute atomic E-state index is 0.0338. The van der Waals surface area contributed by atoms with Gasteiger partial charge in [0.2, 0.25) is 0 Å². The molecule has 1 heterocycles. The number of ketones is 1. The molecular weight excluding hydrogens is 315 g/mol. The van der Waals surface area contributed by atoms with Crippen LogP contribution in [0.1, 0.15) is 41.6 Å². The second kappa shape index (κ2) is 8.06. The molecule has 2 aromatic rings. The first kappa shape index (κ1) is 17.3. The van der Waals surface area contributed by atoms with Crippen LogP contribution in [-0.4, -0.2) is 24.7 Å². The first-order valence-corrected chi connectivity index (χ1v) is 8.80. The number of aliphatic imine (C=N–C) groups is 1. The van der Waals surface area contributed by atoms with E-state index in [9.17, 15) is 9.18 Å². The number of amidine groups is 1. The lowest BCUT2D eigenvalue weighted by Crippen LogP contribution is -2.36. The molecular formula is C21H23FN2O. The maximum absolute atomic E-state index is 13.1. The highest BCUT2D eigenvalue weighted by atomic mass is 19.1. The molecule has 0 amide bonds. The number of halogens is 1. The molecule has 0 radical (unpaired) electrons. The van der Waals surface area contributed by atoms with Gasteiger partial charge >= 0.3 is 0 Å². The highest BCUT2D eigenvalue weighted by Crippen LogP contribution is 2.21. The van der Waals surface area contributed by atoms with Gasteiger partial charge in [0, 0.05) is 24.2 Å². The number of hydrogen-bond acceptors (Lipinski definition) is 3. The van der Waals surface area contributed by atoms with Crippen molar-refractivity contribution in [2.24, 2.45) is 4.99 Å². The van der Waals surface area contributed by atoms with E-state index >= 15 is 0 Å². The second-order valence-corrected chi connectivity index (χ2v) is 6.46. The summed E-state index contributed by atoms with van der Waals surface area (Å²) in [6, 6.07) is 13.9. The van der Waals surface area contributed by atoms with Crippen molar-refractivity contribution in [2.45, 2.75) is 32.6 Å². The molecule has 130 valence electrons. The number of anilines is 1. The number of benzene rings is 2. The van der Waals surface area contributed by atoms with E-state index in [0.717, 1.165) is 42.9 Å². The molecule has 1 aliphatic rings. The van der Waals surface area contributed by atoms with E-state index in [1.807, 2.05) is 30.0 Å². The Kier molecular flexibility index (Phi) is 5.59. The topological polar surface area (TPSA) is 32.7 Å². The van der Waals surface area contributed by atoms with Crippen molar-refractivity contribution in [3.63, 3.8) is 0 Å². The summed E-state index contributed by atoms with van der Waals surface area (Å²) >= 11 is 0. The summed E-state index contributed by atoms with van der Waals surface area (Å²) in [5.74, 6) is 0.604. The van der Waals surface area contributed by atoms with Crippen LogP contribution in [-0.2, 0) is 0 Å². The first-order valence-electron chi connectivity index (χ1n) is 8.80. The van der Waals surface area contributed by atoms with Gasteiger partial charge in [-0.2, -0.15) is 0 Å². The van der Waals surface area contributed by atoms with Crippen molar-refractivity contribution in [3.05, 3.63) is 65.5 Å². The SMILES string of the molecule is Cc1cccc(N(CC(=O)c2ccc(F)cc2)C2=NCCCCC2)c1. The minimum Gasteiger partial charge on any atom is -0.322 e. The zero-order valence-corrected chi connectivity index (χ0v) is 14.5. The zero-order chi connectivity index (χ0) is 17.6. The van der Waals surface area contributed by atoms with Crippen LogP contribution in [0, 0.1) is 12.7 Å². The zero-order valence-electron chi connectivity index (χ0n) is 14.5. The third-order valence-electron chi connectivity index (χ3n) is 4.45. The molecule has 0 bridgehead atoms. The average molecular weight is 338 g/mol. The lowest BCUT2D eigenvalue weighted by atomic mass is 10.1. The Labute approximate surface area is 148 Å². The molecule has 3 rings (SSSR count). The summed E-state index contributed by atoms with van der Waals surface area (Å²) in [4.78, 5) is 19.5. The second-order valence-electron chi connectivity index (χ2n) is 6.46. The van der Waals surface area contributed by atoms with Crippen LogP contribution in [0.2, 0.25) is 0 Å². The van der Waals surface area contributed by atoms with Gasteiger partial charge in [-0.3, -0.25) is 9.79 Å². The highest BCUT2D eigenvalue weighted by molar-refractivity contribution is 6.07. The molecule has 0 aliphatic carbocycles. The van der Waals surface area contributed by atoms with Gasteiger partial charge < -0.3 is 4.90 Å². The number of nitrogens with zero attached hydrogens (tertiary/aromatic N) is 2. The van der Waals surface area contributed by atoms with Crippen molar-refractivity contribution in [1.82, 2.24) is 0 Å². The fourth-order valence-electron chi connectivity index (χ4n) is 3.08. The number of Topliss-reactive ketones (excluding diaryl/α,β-unsaturated/α-hetero) is 1. The molecule has 25 heavy (non-hydrogen) atoms. The largest absolute Gasteiger partial charge is 0.322 e. The predicted octanol–water partition coefficient (Wildman–Crippen LogP) is 4.80. The molecule has 4 heteroatoms. The van der Waals surface area contributed by atoms with Crippen LogP contribution in [0.25, 0.3) is 0 Å². The van der Waals surface area contributed by atoms with Gasteiger partial charge in [-0.1, -0.05) is 18.6 Å². The summed E-state index contributed by atoms with van der Waals surface area (Å²) in [5, 5.41) is 0. The van der Waals surface area contributed by atoms with Crippen molar-refractivity contribution >= 4 is 17.3 Å². The van der Waals surface area contributed by atoms with Gasteiger partial charge in [-0.05, 0) is 61.7 Å². The monoisotopic (exact) mass is 338 g/mol. The number of aryl methyl sites for hydroxylation is 1. The predicted molar refractivity (Wildman–Crippen MR) is 100 cm³/mol. The van der Waals surface area contributed by atoms with Crippen LogP contribution < -0.4 is 4.90 Å². The number of rotatable bonds is 4. The van der Waals surface area contributed by atoms with E-state index in [2.05, 4.69) is 6.07 Å². The fraction of sp³-hybridized carbons (Fsp3) is 0.333. The van der Waals surface area contributed by atoms with Crippen molar-refractivity contribution in [1.29, 1.82) is 0 Å². The molecule has 3 nitrogen and oxygen atoms in total. The summed E-state index contributed by atoms with van der Waals surface area (Å²) in [7, 11) is 0. The summed E-state index contributed by atoms with van der Waals surface area (Å²) < 4.78 is 13.1. The Morgan fingerprint density at radius 2 is 1.92 bits per heavy atom. The molecule has 1 aliphatic heterocycles. The van der Waals surface area contributed by atoms with Crippen molar-refractivity contribution in [2.75, 3.05) is 18.0 Å². The number of hydrogen-bond donors (Lipinski definition) is 0. The Balaban J connectivity index is 1.89.